The molecule has 0 unspecified atom stereocenters. The van der Waals surface area contributed by atoms with Gasteiger partial charge < -0.3 is 10.8 Å². The van der Waals surface area contributed by atoms with Gasteiger partial charge in [0.25, 0.3) is 5.91 Å². The lowest BCUT2D eigenvalue weighted by Crippen LogP contribution is -2.14. The zero-order valence-electron chi connectivity index (χ0n) is 9.81. The van der Waals surface area contributed by atoms with Crippen molar-refractivity contribution in [3.8, 4) is 10.4 Å². The average molecular weight is 298 g/mol. The predicted octanol–water partition coefficient (Wildman–Crippen LogP) is 2.88. The molecule has 20 heavy (non-hydrogen) atoms. The molecule has 1 heterocycles. The fraction of sp³-hybridized carbons (Fsp3) is 0. The van der Waals surface area contributed by atoms with Crippen molar-refractivity contribution in [3.63, 3.8) is 0 Å². The molecule has 0 saturated heterocycles. The minimum atomic E-state index is -1.37. The van der Waals surface area contributed by atoms with Crippen LogP contribution in [0.4, 0.5) is 18.6 Å². The van der Waals surface area contributed by atoms with E-state index in [2.05, 4.69) is 0 Å². The molecule has 2 aromatic rings. The number of rotatable bonds is 3. The minimum absolute atomic E-state index is 0.0104. The van der Waals surface area contributed by atoms with Crippen LogP contribution in [0.3, 0.4) is 0 Å². The van der Waals surface area contributed by atoms with E-state index in [0.29, 0.717) is 6.07 Å². The van der Waals surface area contributed by atoms with Crippen LogP contribution in [0.5, 0.6) is 0 Å². The summed E-state index contributed by atoms with van der Waals surface area (Å²) >= 11 is 0.834. The van der Waals surface area contributed by atoms with Crippen molar-refractivity contribution in [1.29, 1.82) is 0 Å². The molecule has 0 saturated carbocycles. The number of carbonyl (C=O) groups is 2. The molecule has 0 bridgehead atoms. The van der Waals surface area contributed by atoms with Gasteiger partial charge >= 0.3 is 6.09 Å². The molecule has 1 aromatic carbocycles. The van der Waals surface area contributed by atoms with E-state index in [1.54, 1.807) is 0 Å². The zero-order valence-corrected chi connectivity index (χ0v) is 10.6. The molecule has 2 amide bonds. The van der Waals surface area contributed by atoms with Crippen LogP contribution in [-0.2, 0) is 0 Å². The highest BCUT2D eigenvalue weighted by Gasteiger charge is 2.18. The van der Waals surface area contributed by atoms with Gasteiger partial charge in [0.05, 0.1) is 5.56 Å². The molecular formula is C12H8F2N2O3S. The lowest BCUT2D eigenvalue weighted by Gasteiger charge is -1.99. The summed E-state index contributed by atoms with van der Waals surface area (Å²) in [6.45, 7) is 0. The number of carboxylic acid groups (broad SMARTS) is 1. The van der Waals surface area contributed by atoms with Crippen molar-refractivity contribution >= 4 is 28.3 Å². The average Bonchev–Trinajstić information content (AvgIpc) is 2.71. The van der Waals surface area contributed by atoms with Gasteiger partial charge in [-0.05, 0) is 18.2 Å². The number of amides is 2. The van der Waals surface area contributed by atoms with Crippen molar-refractivity contribution < 1.29 is 23.5 Å². The quantitative estimate of drug-likeness (QED) is 0.813. The number of primary amides is 1. The van der Waals surface area contributed by atoms with E-state index >= 15 is 0 Å². The minimum Gasteiger partial charge on any atom is -0.465 e. The van der Waals surface area contributed by atoms with Gasteiger partial charge in [0, 0.05) is 16.5 Å². The van der Waals surface area contributed by atoms with Crippen LogP contribution in [0.1, 0.15) is 10.4 Å². The predicted molar refractivity (Wildman–Crippen MR) is 69.8 cm³/mol. The van der Waals surface area contributed by atoms with E-state index in [-0.39, 0.29) is 21.0 Å². The van der Waals surface area contributed by atoms with E-state index in [4.69, 9.17) is 10.8 Å². The van der Waals surface area contributed by atoms with Crippen molar-refractivity contribution in [2.24, 2.45) is 5.73 Å². The normalized spacial score (nSPS) is 10.3. The number of hydrogen-bond acceptors (Lipinski definition) is 3. The number of anilines is 1. The molecule has 104 valence electrons. The van der Waals surface area contributed by atoms with Gasteiger partial charge in [-0.2, -0.15) is 0 Å². The number of hydrogen-bond donors (Lipinski definition) is 3. The highest BCUT2D eigenvalue weighted by Crippen LogP contribution is 2.36. The van der Waals surface area contributed by atoms with Crippen LogP contribution in [0, 0.1) is 11.6 Å². The Hall–Kier alpha value is -2.48. The second-order valence-corrected chi connectivity index (χ2v) is 4.82. The Morgan fingerprint density at radius 3 is 2.50 bits per heavy atom. The van der Waals surface area contributed by atoms with Gasteiger partial charge in [-0.15, -0.1) is 11.3 Å². The molecule has 0 aliphatic carbocycles. The Labute approximate surface area is 115 Å². The molecule has 4 N–H and O–H groups in total. The molecule has 0 aliphatic rings. The third-order valence-corrected chi connectivity index (χ3v) is 3.50. The molecule has 8 heteroatoms. The van der Waals surface area contributed by atoms with E-state index in [0.717, 1.165) is 17.4 Å². The van der Waals surface area contributed by atoms with Crippen molar-refractivity contribution in [2.45, 2.75) is 0 Å². The summed E-state index contributed by atoms with van der Waals surface area (Å²) in [6, 6.07) is 4.22. The first-order chi connectivity index (χ1) is 9.38. The third kappa shape index (κ3) is 2.75. The summed E-state index contributed by atoms with van der Waals surface area (Å²) in [6.07, 6.45) is -1.37. The first-order valence-corrected chi connectivity index (χ1v) is 6.09. The Kier molecular flexibility index (Phi) is 3.66. The van der Waals surface area contributed by atoms with Crippen molar-refractivity contribution in [1.82, 2.24) is 0 Å². The lowest BCUT2D eigenvalue weighted by molar-refractivity contribution is 0.100. The zero-order chi connectivity index (χ0) is 14.9. The number of benzene rings is 1. The Morgan fingerprint density at radius 2 is 1.95 bits per heavy atom. The largest absolute Gasteiger partial charge is 0.465 e. The standard InChI is InChI=1S/C12H8F2N2O3S/c13-5-1-2-6(8(14)3-5)9-4-7(10(15)17)11(20-9)16-12(18)19/h1-4,16H,(H2,15,17)(H,18,19). The van der Waals surface area contributed by atoms with E-state index in [1.807, 2.05) is 5.32 Å². The van der Waals surface area contributed by atoms with Gasteiger partial charge in [-0.3, -0.25) is 10.1 Å². The van der Waals surface area contributed by atoms with Gasteiger partial charge in [0.15, 0.2) is 0 Å². The summed E-state index contributed by atoms with van der Waals surface area (Å²) in [4.78, 5) is 22.1. The molecular weight excluding hydrogens is 290 g/mol. The van der Waals surface area contributed by atoms with Gasteiger partial charge in [0.1, 0.15) is 16.6 Å². The van der Waals surface area contributed by atoms with Crippen molar-refractivity contribution in [2.75, 3.05) is 5.32 Å². The highest BCUT2D eigenvalue weighted by atomic mass is 32.1. The van der Waals surface area contributed by atoms with Gasteiger partial charge in [-0.25, -0.2) is 13.6 Å². The maximum atomic E-state index is 13.7. The molecule has 2 rings (SSSR count). The highest BCUT2D eigenvalue weighted by molar-refractivity contribution is 7.20. The Bertz CT molecular complexity index is 700. The van der Waals surface area contributed by atoms with Crippen LogP contribution < -0.4 is 11.1 Å². The van der Waals surface area contributed by atoms with Crippen LogP contribution in [0.15, 0.2) is 24.3 Å². The summed E-state index contributed by atoms with van der Waals surface area (Å²) in [5.74, 6) is -2.40. The lowest BCUT2D eigenvalue weighted by atomic mass is 10.1. The monoisotopic (exact) mass is 298 g/mol. The number of halogens is 2. The summed E-state index contributed by atoms with van der Waals surface area (Å²) in [5.41, 5.74) is 5.10. The first-order valence-electron chi connectivity index (χ1n) is 5.27. The topological polar surface area (TPSA) is 92.4 Å². The SMILES string of the molecule is NC(=O)c1cc(-c2ccc(F)cc2F)sc1NC(=O)O. The molecule has 0 spiro atoms. The summed E-state index contributed by atoms with van der Waals surface area (Å²) in [5, 5.41) is 10.7. The van der Waals surface area contributed by atoms with Gasteiger partial charge in [0.2, 0.25) is 0 Å². The molecule has 0 fully saturated rings. The molecule has 0 radical (unpaired) electrons. The fourth-order valence-electron chi connectivity index (χ4n) is 1.59. The molecule has 0 aliphatic heterocycles. The van der Waals surface area contributed by atoms with Crippen LogP contribution in [-0.4, -0.2) is 17.1 Å². The summed E-state index contributed by atoms with van der Waals surface area (Å²) in [7, 11) is 0. The maximum absolute atomic E-state index is 13.7. The van der Waals surface area contributed by atoms with Crippen LogP contribution in [0.2, 0.25) is 0 Å². The first kappa shape index (κ1) is 13.9. The smallest absolute Gasteiger partial charge is 0.409 e. The second-order valence-electron chi connectivity index (χ2n) is 3.77. The van der Waals surface area contributed by atoms with E-state index in [9.17, 15) is 18.4 Å². The number of nitrogens with one attached hydrogen (secondary N) is 1. The number of nitrogens with two attached hydrogens (primary N) is 1. The summed E-state index contributed by atoms with van der Waals surface area (Å²) < 4.78 is 26.5. The Morgan fingerprint density at radius 1 is 1.25 bits per heavy atom. The van der Waals surface area contributed by atoms with Crippen LogP contribution >= 0.6 is 11.3 Å². The third-order valence-electron chi connectivity index (χ3n) is 2.41. The Balaban J connectivity index is 2.52. The number of thiophene rings is 1. The van der Waals surface area contributed by atoms with Crippen LogP contribution in [0.25, 0.3) is 10.4 Å². The molecule has 1 aromatic heterocycles. The van der Waals surface area contributed by atoms with E-state index in [1.165, 1.54) is 12.1 Å². The molecule has 0 atom stereocenters. The van der Waals surface area contributed by atoms with Crippen molar-refractivity contribution in [3.05, 3.63) is 41.5 Å². The second kappa shape index (κ2) is 5.25. The van der Waals surface area contributed by atoms with Gasteiger partial charge in [-0.1, -0.05) is 0 Å². The molecule has 5 nitrogen and oxygen atoms in total. The number of carbonyl (C=O) groups excluding carboxylic acids is 1. The maximum Gasteiger partial charge on any atom is 0.409 e. The fourth-order valence-corrected chi connectivity index (χ4v) is 2.67. The van der Waals surface area contributed by atoms with E-state index < -0.39 is 23.6 Å².